The summed E-state index contributed by atoms with van der Waals surface area (Å²) < 4.78 is 0. The van der Waals surface area contributed by atoms with Crippen LogP contribution in [0.5, 0.6) is 0 Å². The van der Waals surface area contributed by atoms with Gasteiger partial charge in [-0.05, 0) is 61.8 Å². The van der Waals surface area contributed by atoms with Gasteiger partial charge in [-0.2, -0.15) is 0 Å². The third-order valence-corrected chi connectivity index (χ3v) is 5.82. The molecule has 0 bridgehead atoms. The Morgan fingerprint density at radius 2 is 1.95 bits per heavy atom. The van der Waals surface area contributed by atoms with Crippen LogP contribution in [0.4, 0.5) is 0 Å². The monoisotopic (exact) mass is 325 g/mol. The highest BCUT2D eigenvalue weighted by molar-refractivity contribution is 7.99. The summed E-state index contributed by atoms with van der Waals surface area (Å²) in [7, 11) is 0. The molecule has 118 valence electrons. The van der Waals surface area contributed by atoms with Crippen molar-refractivity contribution in [1.29, 1.82) is 0 Å². The molecule has 1 aliphatic carbocycles. The highest BCUT2D eigenvalue weighted by atomic mass is 35.5. The molecule has 0 aliphatic heterocycles. The number of benzene rings is 1. The van der Waals surface area contributed by atoms with E-state index in [2.05, 4.69) is 38.2 Å². The standard InChI is InChI=1S/C18H28ClNS/c1-4-20-18(15-9-13(2)8-14(3)10-15)12-21-17-7-5-6-16(19)11-17/h5-7,11,13-15,18,20H,4,8-10,12H2,1-3H3. The van der Waals surface area contributed by atoms with Gasteiger partial charge in [-0.3, -0.25) is 0 Å². The van der Waals surface area contributed by atoms with Crippen LogP contribution in [-0.2, 0) is 0 Å². The predicted octanol–water partition coefficient (Wildman–Crippen LogP) is 5.48. The van der Waals surface area contributed by atoms with Crippen LogP contribution in [0, 0.1) is 17.8 Å². The molecule has 0 spiro atoms. The maximum atomic E-state index is 6.08. The van der Waals surface area contributed by atoms with E-state index in [0.29, 0.717) is 6.04 Å². The predicted molar refractivity (Wildman–Crippen MR) is 95.3 cm³/mol. The summed E-state index contributed by atoms with van der Waals surface area (Å²) in [6.45, 7) is 8.10. The van der Waals surface area contributed by atoms with Crippen molar-refractivity contribution in [1.82, 2.24) is 5.32 Å². The van der Waals surface area contributed by atoms with Gasteiger partial charge in [0, 0.05) is 21.7 Å². The Morgan fingerprint density at radius 1 is 1.24 bits per heavy atom. The van der Waals surface area contributed by atoms with E-state index in [-0.39, 0.29) is 0 Å². The maximum absolute atomic E-state index is 6.08. The topological polar surface area (TPSA) is 12.0 Å². The van der Waals surface area contributed by atoms with E-state index in [9.17, 15) is 0 Å². The molecule has 21 heavy (non-hydrogen) atoms. The molecule has 1 aliphatic rings. The molecule has 3 unspecified atom stereocenters. The van der Waals surface area contributed by atoms with Crippen LogP contribution >= 0.6 is 23.4 Å². The zero-order valence-corrected chi connectivity index (χ0v) is 15.0. The zero-order chi connectivity index (χ0) is 15.2. The van der Waals surface area contributed by atoms with Crippen molar-refractivity contribution in [2.45, 2.75) is 51.0 Å². The molecule has 1 aromatic carbocycles. The lowest BCUT2D eigenvalue weighted by atomic mass is 9.74. The third kappa shape index (κ3) is 5.50. The summed E-state index contributed by atoms with van der Waals surface area (Å²) in [5.41, 5.74) is 0. The Bertz CT molecular complexity index is 427. The van der Waals surface area contributed by atoms with Crippen LogP contribution in [0.3, 0.4) is 0 Å². The van der Waals surface area contributed by atoms with E-state index in [1.165, 1.54) is 24.2 Å². The first kappa shape index (κ1) is 17.2. The number of nitrogens with one attached hydrogen (secondary N) is 1. The Morgan fingerprint density at radius 3 is 2.57 bits per heavy atom. The molecule has 0 saturated heterocycles. The number of rotatable bonds is 6. The molecule has 2 rings (SSSR count). The Hall–Kier alpha value is -0.180. The summed E-state index contributed by atoms with van der Waals surface area (Å²) in [5.74, 6) is 3.70. The lowest BCUT2D eigenvalue weighted by Crippen LogP contribution is -2.41. The highest BCUT2D eigenvalue weighted by Crippen LogP contribution is 2.36. The minimum absolute atomic E-state index is 0.615. The fourth-order valence-electron chi connectivity index (χ4n) is 3.70. The van der Waals surface area contributed by atoms with Crippen molar-refractivity contribution in [2.24, 2.45) is 17.8 Å². The summed E-state index contributed by atoms with van der Waals surface area (Å²) in [4.78, 5) is 1.28. The van der Waals surface area contributed by atoms with E-state index in [1.54, 1.807) is 0 Å². The average Bonchev–Trinajstić information content (AvgIpc) is 2.42. The van der Waals surface area contributed by atoms with Gasteiger partial charge in [0.05, 0.1) is 0 Å². The van der Waals surface area contributed by atoms with Gasteiger partial charge in [-0.25, -0.2) is 0 Å². The van der Waals surface area contributed by atoms with Crippen LogP contribution in [0.15, 0.2) is 29.2 Å². The molecule has 0 heterocycles. The minimum atomic E-state index is 0.615. The zero-order valence-electron chi connectivity index (χ0n) is 13.4. The first-order valence-electron chi connectivity index (χ1n) is 8.20. The molecule has 3 atom stereocenters. The smallest absolute Gasteiger partial charge is 0.0417 e. The van der Waals surface area contributed by atoms with Crippen molar-refractivity contribution < 1.29 is 0 Å². The lowest BCUT2D eigenvalue weighted by molar-refractivity contribution is 0.185. The van der Waals surface area contributed by atoms with E-state index in [4.69, 9.17) is 11.6 Å². The number of thioether (sulfide) groups is 1. The molecule has 1 saturated carbocycles. The van der Waals surface area contributed by atoms with Gasteiger partial charge < -0.3 is 5.32 Å². The van der Waals surface area contributed by atoms with Crippen molar-refractivity contribution in [3.8, 4) is 0 Å². The quantitative estimate of drug-likeness (QED) is 0.695. The van der Waals surface area contributed by atoms with Crippen molar-refractivity contribution in [3.05, 3.63) is 29.3 Å². The van der Waals surface area contributed by atoms with Gasteiger partial charge in [-0.1, -0.05) is 38.4 Å². The van der Waals surface area contributed by atoms with Gasteiger partial charge in [0.2, 0.25) is 0 Å². The Kier molecular flexibility index (Phi) is 6.91. The van der Waals surface area contributed by atoms with E-state index >= 15 is 0 Å². The molecule has 1 N–H and O–H groups in total. The second-order valence-corrected chi connectivity index (χ2v) is 8.14. The SMILES string of the molecule is CCNC(CSc1cccc(Cl)c1)C1CC(C)CC(C)C1. The molecule has 1 nitrogen and oxygen atoms in total. The van der Waals surface area contributed by atoms with E-state index in [1.807, 2.05) is 23.9 Å². The van der Waals surface area contributed by atoms with Crippen molar-refractivity contribution in [3.63, 3.8) is 0 Å². The second kappa shape index (κ2) is 8.45. The fraction of sp³-hybridized carbons (Fsp3) is 0.667. The molecule has 0 radical (unpaired) electrons. The third-order valence-electron chi connectivity index (χ3n) is 4.48. The lowest BCUT2D eigenvalue weighted by Gasteiger charge is -2.37. The average molecular weight is 326 g/mol. The van der Waals surface area contributed by atoms with Crippen LogP contribution in [-0.4, -0.2) is 18.3 Å². The molecule has 1 aromatic rings. The van der Waals surface area contributed by atoms with Crippen LogP contribution < -0.4 is 5.32 Å². The highest BCUT2D eigenvalue weighted by Gasteiger charge is 2.29. The first-order valence-corrected chi connectivity index (χ1v) is 9.56. The number of hydrogen-bond donors (Lipinski definition) is 1. The summed E-state index contributed by atoms with van der Waals surface area (Å²) in [5, 5.41) is 4.56. The van der Waals surface area contributed by atoms with E-state index < -0.39 is 0 Å². The summed E-state index contributed by atoms with van der Waals surface area (Å²) in [6.07, 6.45) is 4.15. The van der Waals surface area contributed by atoms with Gasteiger partial charge >= 0.3 is 0 Å². The molecule has 0 aromatic heterocycles. The fourth-order valence-corrected chi connectivity index (χ4v) is 5.11. The summed E-state index contributed by atoms with van der Waals surface area (Å²) in [6, 6.07) is 8.83. The normalized spacial score (nSPS) is 27.5. The van der Waals surface area contributed by atoms with Crippen LogP contribution in [0.2, 0.25) is 5.02 Å². The maximum Gasteiger partial charge on any atom is 0.0417 e. The minimum Gasteiger partial charge on any atom is -0.313 e. The second-order valence-electron chi connectivity index (χ2n) is 6.61. The number of hydrogen-bond acceptors (Lipinski definition) is 2. The van der Waals surface area contributed by atoms with Gasteiger partial charge in [-0.15, -0.1) is 11.8 Å². The van der Waals surface area contributed by atoms with Crippen LogP contribution in [0.1, 0.15) is 40.0 Å². The first-order chi connectivity index (χ1) is 10.1. The van der Waals surface area contributed by atoms with Crippen molar-refractivity contribution in [2.75, 3.05) is 12.3 Å². The largest absolute Gasteiger partial charge is 0.313 e. The van der Waals surface area contributed by atoms with Crippen molar-refractivity contribution >= 4 is 23.4 Å². The van der Waals surface area contributed by atoms with E-state index in [0.717, 1.165) is 35.1 Å². The molecule has 1 fully saturated rings. The molecular weight excluding hydrogens is 298 g/mol. The molecule has 3 heteroatoms. The molecular formula is C18H28ClNS. The Balaban J connectivity index is 1.95. The van der Waals surface area contributed by atoms with Gasteiger partial charge in [0.1, 0.15) is 0 Å². The van der Waals surface area contributed by atoms with Gasteiger partial charge in [0.25, 0.3) is 0 Å². The number of halogens is 1. The summed E-state index contributed by atoms with van der Waals surface area (Å²) >= 11 is 8.01. The van der Waals surface area contributed by atoms with Crippen LogP contribution in [0.25, 0.3) is 0 Å². The Labute approximate surface area is 139 Å². The molecule has 0 amide bonds. The van der Waals surface area contributed by atoms with Gasteiger partial charge in [0.15, 0.2) is 0 Å².